The second-order valence-corrected chi connectivity index (χ2v) is 4.85. The molecular formula is C16H15N5O. The number of para-hydroxylation sites is 1. The highest BCUT2D eigenvalue weighted by Crippen LogP contribution is 2.34. The van der Waals surface area contributed by atoms with E-state index in [2.05, 4.69) is 9.97 Å². The molecule has 1 aromatic carbocycles. The number of nitrogens with zero attached hydrogens (tertiary/aromatic N) is 4. The minimum Gasteiger partial charge on any atom is -0.492 e. The number of rotatable bonds is 3. The van der Waals surface area contributed by atoms with Gasteiger partial charge in [0.2, 0.25) is 0 Å². The summed E-state index contributed by atoms with van der Waals surface area (Å²) in [5.74, 6) is 0.553. The third kappa shape index (κ3) is 2.13. The first-order valence-corrected chi connectivity index (χ1v) is 6.89. The number of pyridine rings is 1. The molecule has 6 heteroatoms. The molecule has 0 aliphatic carbocycles. The summed E-state index contributed by atoms with van der Waals surface area (Å²) in [6, 6.07) is 9.48. The van der Waals surface area contributed by atoms with Gasteiger partial charge in [-0.3, -0.25) is 0 Å². The predicted molar refractivity (Wildman–Crippen MR) is 84.2 cm³/mol. The van der Waals surface area contributed by atoms with E-state index >= 15 is 0 Å². The fraction of sp³-hybridized carbons (Fsp3) is 0.188. The van der Waals surface area contributed by atoms with Gasteiger partial charge in [-0.2, -0.15) is 5.26 Å². The topological polar surface area (TPSA) is 89.8 Å². The Morgan fingerprint density at radius 2 is 2.23 bits per heavy atom. The Balaban J connectivity index is 2.31. The van der Waals surface area contributed by atoms with Crippen LogP contribution in [0, 0.1) is 11.3 Å². The van der Waals surface area contributed by atoms with Crippen LogP contribution in [0.15, 0.2) is 30.6 Å². The fourth-order valence-corrected chi connectivity index (χ4v) is 2.41. The maximum absolute atomic E-state index is 9.17. The largest absolute Gasteiger partial charge is 0.492 e. The highest BCUT2D eigenvalue weighted by Gasteiger charge is 2.16. The Morgan fingerprint density at radius 3 is 2.95 bits per heavy atom. The van der Waals surface area contributed by atoms with Gasteiger partial charge in [0, 0.05) is 18.7 Å². The summed E-state index contributed by atoms with van der Waals surface area (Å²) in [6.45, 7) is 2.37. The van der Waals surface area contributed by atoms with Gasteiger partial charge in [0.25, 0.3) is 0 Å². The van der Waals surface area contributed by atoms with Crippen LogP contribution in [0.5, 0.6) is 5.75 Å². The second kappa shape index (κ2) is 5.37. The molecule has 3 rings (SSSR count). The van der Waals surface area contributed by atoms with E-state index in [0.717, 1.165) is 16.6 Å². The summed E-state index contributed by atoms with van der Waals surface area (Å²) in [6.07, 6.45) is 1.75. The average Bonchev–Trinajstić information content (AvgIpc) is 2.90. The highest BCUT2D eigenvalue weighted by atomic mass is 16.5. The summed E-state index contributed by atoms with van der Waals surface area (Å²) in [4.78, 5) is 8.81. The van der Waals surface area contributed by atoms with Gasteiger partial charge in [-0.05, 0) is 13.0 Å². The van der Waals surface area contributed by atoms with Crippen LogP contribution in [0.1, 0.15) is 12.6 Å². The Morgan fingerprint density at radius 1 is 1.41 bits per heavy atom. The van der Waals surface area contributed by atoms with Gasteiger partial charge < -0.3 is 15.0 Å². The minimum absolute atomic E-state index is 0.186. The van der Waals surface area contributed by atoms with E-state index in [1.807, 2.05) is 42.8 Å². The summed E-state index contributed by atoms with van der Waals surface area (Å²) in [5.41, 5.74) is 9.53. The molecule has 0 bridgehead atoms. The number of fused-ring (bicyclic) bond motifs is 1. The molecule has 0 saturated heterocycles. The lowest BCUT2D eigenvalue weighted by atomic mass is 10.1. The monoisotopic (exact) mass is 293 g/mol. The molecule has 2 aromatic heterocycles. The average molecular weight is 293 g/mol. The van der Waals surface area contributed by atoms with Crippen LogP contribution in [0.25, 0.3) is 22.3 Å². The van der Waals surface area contributed by atoms with E-state index in [1.165, 1.54) is 0 Å². The van der Waals surface area contributed by atoms with Crippen LogP contribution < -0.4 is 10.5 Å². The van der Waals surface area contributed by atoms with Crippen molar-refractivity contribution in [3.05, 3.63) is 36.3 Å². The van der Waals surface area contributed by atoms with Gasteiger partial charge in [0.05, 0.1) is 29.7 Å². The normalized spacial score (nSPS) is 10.6. The number of aryl methyl sites for hydroxylation is 1. The molecule has 0 radical (unpaired) electrons. The number of ether oxygens (including phenoxy) is 1. The number of imidazole rings is 1. The zero-order chi connectivity index (χ0) is 15.7. The van der Waals surface area contributed by atoms with Crippen molar-refractivity contribution in [1.82, 2.24) is 14.5 Å². The van der Waals surface area contributed by atoms with Crippen molar-refractivity contribution in [1.29, 1.82) is 5.26 Å². The molecule has 0 amide bonds. The molecule has 0 saturated carbocycles. The van der Waals surface area contributed by atoms with Gasteiger partial charge in [0.15, 0.2) is 5.69 Å². The molecule has 0 spiro atoms. The smallest absolute Gasteiger partial charge is 0.164 e. The standard InChI is InChI=1S/C16H15N5O/c1-3-22-14-7-11(18)12(8-17)20-16(14)10-5-4-6-13-15(10)19-9-21(13)2/h4-7,9H,3,18H2,1-2H3. The second-order valence-electron chi connectivity index (χ2n) is 4.85. The Hall–Kier alpha value is -3.07. The van der Waals surface area contributed by atoms with Gasteiger partial charge in [-0.25, -0.2) is 9.97 Å². The SMILES string of the molecule is CCOc1cc(N)c(C#N)nc1-c1cccc2c1ncn2C. The molecule has 22 heavy (non-hydrogen) atoms. The van der Waals surface area contributed by atoms with E-state index in [4.69, 9.17) is 10.5 Å². The number of nitrogen functional groups attached to an aromatic ring is 1. The fourth-order valence-electron chi connectivity index (χ4n) is 2.41. The quantitative estimate of drug-likeness (QED) is 0.801. The number of anilines is 1. The van der Waals surface area contributed by atoms with Crippen molar-refractivity contribution in [3.8, 4) is 23.1 Å². The molecule has 0 aliphatic heterocycles. The molecule has 110 valence electrons. The molecular weight excluding hydrogens is 278 g/mol. The van der Waals surface area contributed by atoms with E-state index in [9.17, 15) is 5.26 Å². The number of benzene rings is 1. The third-order valence-corrected chi connectivity index (χ3v) is 3.43. The van der Waals surface area contributed by atoms with Crippen LogP contribution in [-0.2, 0) is 7.05 Å². The van der Waals surface area contributed by atoms with Crippen molar-refractivity contribution >= 4 is 16.7 Å². The number of hydrogen-bond acceptors (Lipinski definition) is 5. The van der Waals surface area contributed by atoms with Crippen molar-refractivity contribution in [2.75, 3.05) is 12.3 Å². The number of hydrogen-bond donors (Lipinski definition) is 1. The zero-order valence-electron chi connectivity index (χ0n) is 12.4. The van der Waals surface area contributed by atoms with Crippen molar-refractivity contribution in [3.63, 3.8) is 0 Å². The van der Waals surface area contributed by atoms with E-state index in [1.54, 1.807) is 12.4 Å². The number of aromatic nitrogens is 3. The summed E-state index contributed by atoms with van der Waals surface area (Å²) >= 11 is 0. The minimum atomic E-state index is 0.186. The van der Waals surface area contributed by atoms with Crippen LogP contribution in [0.3, 0.4) is 0 Å². The molecule has 0 unspecified atom stereocenters. The molecule has 6 nitrogen and oxygen atoms in total. The van der Waals surface area contributed by atoms with Crippen molar-refractivity contribution in [2.45, 2.75) is 6.92 Å². The van der Waals surface area contributed by atoms with E-state index in [-0.39, 0.29) is 5.69 Å². The maximum atomic E-state index is 9.17. The Labute approximate surface area is 127 Å². The van der Waals surface area contributed by atoms with E-state index < -0.39 is 0 Å². The van der Waals surface area contributed by atoms with E-state index in [0.29, 0.717) is 23.7 Å². The molecule has 0 atom stereocenters. The number of nitrogens with two attached hydrogens (primary N) is 1. The van der Waals surface area contributed by atoms with Crippen LogP contribution in [-0.4, -0.2) is 21.1 Å². The zero-order valence-corrected chi connectivity index (χ0v) is 12.4. The molecule has 3 aromatic rings. The van der Waals surface area contributed by atoms with Gasteiger partial charge in [-0.15, -0.1) is 0 Å². The lowest BCUT2D eigenvalue weighted by molar-refractivity contribution is 0.340. The summed E-state index contributed by atoms with van der Waals surface area (Å²) < 4.78 is 7.57. The summed E-state index contributed by atoms with van der Waals surface area (Å²) in [7, 11) is 1.93. The van der Waals surface area contributed by atoms with Crippen LogP contribution >= 0.6 is 0 Å². The maximum Gasteiger partial charge on any atom is 0.164 e. The Kier molecular flexibility index (Phi) is 3.39. The molecule has 2 N–H and O–H groups in total. The predicted octanol–water partition coefficient (Wildman–Crippen LogP) is 2.49. The lowest BCUT2D eigenvalue weighted by Crippen LogP contribution is -2.02. The van der Waals surface area contributed by atoms with Gasteiger partial charge in [-0.1, -0.05) is 12.1 Å². The Bertz CT molecular complexity index is 891. The highest BCUT2D eigenvalue weighted by molar-refractivity contribution is 5.93. The van der Waals surface area contributed by atoms with Crippen molar-refractivity contribution in [2.24, 2.45) is 7.05 Å². The molecule has 0 aliphatic rings. The van der Waals surface area contributed by atoms with Gasteiger partial charge in [0.1, 0.15) is 17.5 Å². The molecule has 2 heterocycles. The van der Waals surface area contributed by atoms with Crippen LogP contribution in [0.4, 0.5) is 5.69 Å². The lowest BCUT2D eigenvalue weighted by Gasteiger charge is -2.12. The van der Waals surface area contributed by atoms with Crippen molar-refractivity contribution < 1.29 is 4.74 Å². The van der Waals surface area contributed by atoms with Crippen LogP contribution in [0.2, 0.25) is 0 Å². The third-order valence-electron chi connectivity index (χ3n) is 3.43. The molecule has 0 fully saturated rings. The van der Waals surface area contributed by atoms with Gasteiger partial charge >= 0.3 is 0 Å². The first-order chi connectivity index (χ1) is 10.7. The number of nitriles is 1. The first kappa shape index (κ1) is 13.9. The summed E-state index contributed by atoms with van der Waals surface area (Å²) in [5, 5.41) is 9.17. The first-order valence-electron chi connectivity index (χ1n) is 6.89.